The number of amides is 2. The molecule has 28 heavy (non-hydrogen) atoms. The molecule has 1 heterocycles. The predicted octanol–water partition coefficient (Wildman–Crippen LogP) is 4.61. The molecule has 1 aromatic heterocycles. The minimum atomic E-state index is 0.106. The molecule has 7 rings (SSSR count). The molecule has 0 spiro atoms. The molecule has 0 radical (unpaired) electrons. The molecule has 5 heteroatoms. The van der Waals surface area contributed by atoms with Gasteiger partial charge in [-0.25, -0.2) is 4.98 Å². The van der Waals surface area contributed by atoms with Crippen molar-refractivity contribution in [3.8, 4) is 0 Å². The molecule has 0 aliphatic heterocycles. The predicted molar refractivity (Wildman–Crippen MR) is 109 cm³/mol. The highest BCUT2D eigenvalue weighted by Crippen LogP contribution is 2.46. The number of hydrogen-bond acceptors (Lipinski definition) is 3. The third-order valence-corrected chi connectivity index (χ3v) is 8.02. The van der Waals surface area contributed by atoms with Crippen LogP contribution in [0.25, 0.3) is 0 Å². The van der Waals surface area contributed by atoms with E-state index in [1.165, 1.54) is 51.4 Å². The second-order valence-corrected chi connectivity index (χ2v) is 9.63. The normalized spacial score (nSPS) is 36.1. The van der Waals surface area contributed by atoms with E-state index in [-0.39, 0.29) is 23.7 Å². The molecule has 6 aliphatic carbocycles. The average molecular weight is 382 g/mol. The Morgan fingerprint density at radius 2 is 1.14 bits per heavy atom. The van der Waals surface area contributed by atoms with Crippen molar-refractivity contribution < 1.29 is 9.59 Å². The van der Waals surface area contributed by atoms with Crippen LogP contribution in [0.15, 0.2) is 18.2 Å². The number of nitrogens with one attached hydrogen (secondary N) is 2. The summed E-state index contributed by atoms with van der Waals surface area (Å²) in [7, 11) is 0. The van der Waals surface area contributed by atoms with E-state index in [4.69, 9.17) is 0 Å². The molecule has 2 N–H and O–H groups in total. The van der Waals surface area contributed by atoms with Crippen LogP contribution in [0.1, 0.15) is 64.2 Å². The Balaban J connectivity index is 1.21. The number of carbonyl (C=O) groups excluding carboxylic acids is 2. The molecule has 4 bridgehead atoms. The van der Waals surface area contributed by atoms with Crippen molar-refractivity contribution in [2.24, 2.45) is 35.5 Å². The fourth-order valence-electron chi connectivity index (χ4n) is 6.41. The first-order chi connectivity index (χ1) is 13.7. The van der Waals surface area contributed by atoms with Gasteiger partial charge in [0.1, 0.15) is 11.6 Å². The SMILES string of the molecule is O=C(Nc1cccc(NC(=O)C2CC3CCC2CC3)n1)C1CC2CCC1CC2. The molecule has 2 atom stereocenters. The van der Waals surface area contributed by atoms with E-state index < -0.39 is 0 Å². The van der Waals surface area contributed by atoms with Crippen LogP contribution in [0.5, 0.6) is 0 Å². The lowest BCUT2D eigenvalue weighted by Gasteiger charge is -2.41. The molecular weight excluding hydrogens is 350 g/mol. The number of hydrogen-bond donors (Lipinski definition) is 2. The summed E-state index contributed by atoms with van der Waals surface area (Å²) < 4.78 is 0. The summed E-state index contributed by atoms with van der Waals surface area (Å²) in [4.78, 5) is 30.1. The van der Waals surface area contributed by atoms with Gasteiger partial charge in [-0.2, -0.15) is 0 Å². The fraction of sp³-hybridized carbons (Fsp3) is 0.696. The summed E-state index contributed by atoms with van der Waals surface area (Å²) in [6.07, 6.45) is 12.0. The van der Waals surface area contributed by atoms with Crippen molar-refractivity contribution in [2.75, 3.05) is 10.6 Å². The van der Waals surface area contributed by atoms with Crippen molar-refractivity contribution >= 4 is 23.5 Å². The summed E-state index contributed by atoms with van der Waals surface area (Å²) in [5.41, 5.74) is 0. The maximum absolute atomic E-state index is 12.8. The zero-order valence-corrected chi connectivity index (χ0v) is 16.5. The van der Waals surface area contributed by atoms with Crippen molar-refractivity contribution in [3.63, 3.8) is 0 Å². The monoisotopic (exact) mass is 381 g/mol. The van der Waals surface area contributed by atoms with Crippen LogP contribution in [-0.2, 0) is 9.59 Å². The molecule has 1 aromatic rings. The summed E-state index contributed by atoms with van der Waals surface area (Å²) >= 11 is 0. The van der Waals surface area contributed by atoms with Gasteiger partial charge >= 0.3 is 0 Å². The molecule has 0 saturated heterocycles. The first-order valence-corrected chi connectivity index (χ1v) is 11.2. The Bertz CT molecular complexity index is 689. The molecule has 2 unspecified atom stereocenters. The van der Waals surface area contributed by atoms with Crippen LogP contribution in [0.4, 0.5) is 11.6 Å². The third-order valence-electron chi connectivity index (χ3n) is 8.02. The van der Waals surface area contributed by atoms with E-state index in [9.17, 15) is 9.59 Å². The highest BCUT2D eigenvalue weighted by molar-refractivity contribution is 5.94. The first-order valence-electron chi connectivity index (χ1n) is 11.2. The minimum Gasteiger partial charge on any atom is -0.310 e. The smallest absolute Gasteiger partial charge is 0.228 e. The number of pyridine rings is 1. The van der Waals surface area contributed by atoms with E-state index in [0.29, 0.717) is 23.5 Å². The van der Waals surface area contributed by atoms with Gasteiger partial charge in [-0.15, -0.1) is 0 Å². The Labute approximate surface area is 167 Å². The second-order valence-electron chi connectivity index (χ2n) is 9.63. The summed E-state index contributed by atoms with van der Waals surface area (Å²) in [6.45, 7) is 0. The maximum atomic E-state index is 12.8. The standard InChI is InChI=1S/C23H31N3O2/c27-22(18-12-14-4-8-16(18)9-5-14)25-20-2-1-3-21(24-20)26-23(28)19-13-15-6-10-17(19)11-7-15/h1-3,14-19H,4-13H2,(H2,24,25,26,27,28). The van der Waals surface area contributed by atoms with Gasteiger partial charge in [0.15, 0.2) is 0 Å². The minimum absolute atomic E-state index is 0.106. The van der Waals surface area contributed by atoms with Gasteiger partial charge in [-0.05, 0) is 74.3 Å². The van der Waals surface area contributed by atoms with E-state index in [2.05, 4.69) is 15.6 Å². The average Bonchev–Trinajstić information content (AvgIpc) is 2.75. The third kappa shape index (κ3) is 3.56. The fourth-order valence-corrected chi connectivity index (χ4v) is 6.41. The number of carbonyl (C=O) groups is 2. The van der Waals surface area contributed by atoms with Crippen LogP contribution < -0.4 is 10.6 Å². The molecular formula is C23H31N3O2. The Morgan fingerprint density at radius 1 is 0.714 bits per heavy atom. The molecule has 150 valence electrons. The van der Waals surface area contributed by atoms with Crippen molar-refractivity contribution in [3.05, 3.63) is 18.2 Å². The molecule has 6 fully saturated rings. The summed E-state index contributed by atoms with van der Waals surface area (Å²) in [6, 6.07) is 5.49. The zero-order valence-electron chi connectivity index (χ0n) is 16.5. The van der Waals surface area contributed by atoms with Crippen LogP contribution >= 0.6 is 0 Å². The molecule has 0 aromatic carbocycles. The maximum Gasteiger partial charge on any atom is 0.228 e. The second kappa shape index (κ2) is 7.49. The lowest BCUT2D eigenvalue weighted by molar-refractivity contribution is -0.125. The van der Waals surface area contributed by atoms with Crippen LogP contribution in [-0.4, -0.2) is 16.8 Å². The van der Waals surface area contributed by atoms with E-state index >= 15 is 0 Å². The van der Waals surface area contributed by atoms with Gasteiger partial charge < -0.3 is 10.6 Å². The Morgan fingerprint density at radius 3 is 1.50 bits per heavy atom. The Kier molecular flexibility index (Phi) is 4.85. The van der Waals surface area contributed by atoms with Gasteiger partial charge in [0.25, 0.3) is 0 Å². The quantitative estimate of drug-likeness (QED) is 0.800. The van der Waals surface area contributed by atoms with Gasteiger partial charge in [-0.1, -0.05) is 31.7 Å². The van der Waals surface area contributed by atoms with Crippen LogP contribution in [0.2, 0.25) is 0 Å². The first kappa shape index (κ1) is 18.1. The van der Waals surface area contributed by atoms with Crippen molar-refractivity contribution in [1.29, 1.82) is 0 Å². The van der Waals surface area contributed by atoms with Gasteiger partial charge in [0, 0.05) is 11.8 Å². The molecule has 2 amide bonds. The number of fused-ring (bicyclic) bond motifs is 6. The van der Waals surface area contributed by atoms with E-state index in [0.717, 1.165) is 24.7 Å². The van der Waals surface area contributed by atoms with Gasteiger partial charge in [0.2, 0.25) is 11.8 Å². The largest absolute Gasteiger partial charge is 0.310 e. The molecule has 6 saturated carbocycles. The van der Waals surface area contributed by atoms with Crippen LogP contribution in [0, 0.1) is 35.5 Å². The van der Waals surface area contributed by atoms with Crippen LogP contribution in [0.3, 0.4) is 0 Å². The molecule has 6 aliphatic rings. The van der Waals surface area contributed by atoms with E-state index in [1.807, 2.05) is 18.2 Å². The van der Waals surface area contributed by atoms with Gasteiger partial charge in [0.05, 0.1) is 0 Å². The Hall–Kier alpha value is -1.91. The van der Waals surface area contributed by atoms with Crippen molar-refractivity contribution in [2.45, 2.75) is 64.2 Å². The number of anilines is 2. The number of aromatic nitrogens is 1. The topological polar surface area (TPSA) is 71.1 Å². The van der Waals surface area contributed by atoms with Crippen molar-refractivity contribution in [1.82, 2.24) is 4.98 Å². The highest BCUT2D eigenvalue weighted by atomic mass is 16.2. The lowest BCUT2D eigenvalue weighted by Crippen LogP contribution is -2.39. The summed E-state index contributed by atoms with van der Waals surface area (Å²) in [5.74, 6) is 4.10. The summed E-state index contributed by atoms with van der Waals surface area (Å²) in [5, 5.41) is 6.03. The number of rotatable bonds is 4. The number of nitrogens with zero attached hydrogens (tertiary/aromatic N) is 1. The van der Waals surface area contributed by atoms with Gasteiger partial charge in [-0.3, -0.25) is 9.59 Å². The highest BCUT2D eigenvalue weighted by Gasteiger charge is 2.40. The van der Waals surface area contributed by atoms with E-state index in [1.54, 1.807) is 0 Å². The zero-order chi connectivity index (χ0) is 19.1. The lowest BCUT2D eigenvalue weighted by atomic mass is 9.64. The molecule has 5 nitrogen and oxygen atoms in total.